The summed E-state index contributed by atoms with van der Waals surface area (Å²) in [5, 5.41) is 2.90. The van der Waals surface area contributed by atoms with Gasteiger partial charge < -0.3 is 5.32 Å². The number of hydrogen-bond acceptors (Lipinski definition) is 4. The minimum absolute atomic E-state index is 0.123. The van der Waals surface area contributed by atoms with E-state index in [2.05, 4.69) is 17.2 Å². The molecule has 2 heterocycles. The summed E-state index contributed by atoms with van der Waals surface area (Å²) < 4.78 is 1.67. The Morgan fingerprint density at radius 1 is 1.22 bits per heavy atom. The number of hydrogen-bond donors (Lipinski definition) is 1. The van der Waals surface area contributed by atoms with Crippen molar-refractivity contribution in [2.24, 2.45) is 0 Å². The number of aromatic nitrogens is 2. The summed E-state index contributed by atoms with van der Waals surface area (Å²) in [5.74, 6) is -0.176. The number of aryl methyl sites for hydroxylation is 2. The highest BCUT2D eigenvalue weighted by atomic mass is 32.1. The highest BCUT2D eigenvalue weighted by Gasteiger charge is 2.21. The Bertz CT molecular complexity index is 1020. The number of carbonyl (C=O) groups excluding carboxylic acids is 1. The van der Waals surface area contributed by atoms with Crippen LogP contribution in [0.3, 0.4) is 0 Å². The monoisotopic (exact) mass is 381 g/mol. The van der Waals surface area contributed by atoms with Gasteiger partial charge >= 0.3 is 0 Å². The van der Waals surface area contributed by atoms with E-state index >= 15 is 0 Å². The fourth-order valence-electron chi connectivity index (χ4n) is 3.64. The van der Waals surface area contributed by atoms with Crippen LogP contribution in [0.4, 0.5) is 0 Å². The first kappa shape index (κ1) is 17.9. The quantitative estimate of drug-likeness (QED) is 0.703. The first-order valence-corrected chi connectivity index (χ1v) is 10.3. The summed E-state index contributed by atoms with van der Waals surface area (Å²) in [7, 11) is 0. The van der Waals surface area contributed by atoms with Gasteiger partial charge in [0.05, 0.1) is 0 Å². The number of nitrogens with one attached hydrogen (secondary N) is 1. The van der Waals surface area contributed by atoms with Crippen LogP contribution >= 0.6 is 11.3 Å². The molecular weight excluding hydrogens is 358 g/mol. The second kappa shape index (κ2) is 7.64. The zero-order chi connectivity index (χ0) is 18.8. The molecule has 6 heteroatoms. The third-order valence-electron chi connectivity index (χ3n) is 5.23. The van der Waals surface area contributed by atoms with E-state index in [1.54, 1.807) is 15.7 Å². The Hall–Kier alpha value is -2.47. The first-order valence-electron chi connectivity index (χ1n) is 9.50. The molecule has 1 aromatic carbocycles. The van der Waals surface area contributed by atoms with Gasteiger partial charge in [0.25, 0.3) is 11.5 Å². The van der Waals surface area contributed by atoms with Gasteiger partial charge in [0.2, 0.25) is 0 Å². The van der Waals surface area contributed by atoms with Crippen LogP contribution < -0.4 is 10.9 Å². The van der Waals surface area contributed by atoms with Crippen molar-refractivity contribution >= 4 is 22.2 Å². The molecule has 1 N–H and O–H groups in total. The van der Waals surface area contributed by atoms with Gasteiger partial charge in [-0.05, 0) is 37.2 Å². The van der Waals surface area contributed by atoms with E-state index < -0.39 is 0 Å². The van der Waals surface area contributed by atoms with Crippen LogP contribution in [0.5, 0.6) is 0 Å². The molecule has 2 aromatic heterocycles. The highest BCUT2D eigenvalue weighted by Crippen LogP contribution is 2.27. The maximum atomic E-state index is 13.0. The summed E-state index contributed by atoms with van der Waals surface area (Å²) in [5.41, 5.74) is 2.09. The first-order chi connectivity index (χ1) is 13.1. The molecule has 0 fully saturated rings. The molecule has 140 valence electrons. The van der Waals surface area contributed by atoms with Crippen molar-refractivity contribution in [1.82, 2.24) is 14.7 Å². The molecule has 27 heavy (non-hydrogen) atoms. The van der Waals surface area contributed by atoms with Crippen molar-refractivity contribution in [3.63, 3.8) is 0 Å². The van der Waals surface area contributed by atoms with Crippen molar-refractivity contribution in [2.45, 2.75) is 44.9 Å². The van der Waals surface area contributed by atoms with Gasteiger partial charge in [-0.2, -0.15) is 0 Å². The summed E-state index contributed by atoms with van der Waals surface area (Å²) in [4.78, 5) is 32.0. The average Bonchev–Trinajstić information content (AvgIpc) is 2.89. The van der Waals surface area contributed by atoms with Gasteiger partial charge in [-0.3, -0.25) is 14.0 Å². The number of rotatable bonds is 4. The number of carbonyl (C=O) groups is 1. The molecule has 1 aliphatic rings. The lowest BCUT2D eigenvalue weighted by Gasteiger charge is -2.13. The molecule has 0 saturated carbocycles. The number of benzene rings is 1. The Morgan fingerprint density at radius 2 is 2.00 bits per heavy atom. The van der Waals surface area contributed by atoms with Crippen LogP contribution in [0, 0.1) is 0 Å². The van der Waals surface area contributed by atoms with E-state index in [0.29, 0.717) is 11.5 Å². The molecule has 0 aliphatic heterocycles. The molecule has 0 bridgehead atoms. The predicted molar refractivity (Wildman–Crippen MR) is 108 cm³/mol. The van der Waals surface area contributed by atoms with Gasteiger partial charge in [0, 0.05) is 23.3 Å². The van der Waals surface area contributed by atoms with E-state index in [0.717, 1.165) is 36.9 Å². The topological polar surface area (TPSA) is 63.5 Å². The SMILES string of the molecule is C[C@H](CNC(=O)c1cnc2sc3c(n2c1=O)CCCCC3)c1ccccc1. The summed E-state index contributed by atoms with van der Waals surface area (Å²) in [6.45, 7) is 2.54. The number of fused-ring (bicyclic) bond motifs is 3. The summed E-state index contributed by atoms with van der Waals surface area (Å²) in [6, 6.07) is 10.0. The van der Waals surface area contributed by atoms with E-state index in [1.807, 2.05) is 30.3 Å². The predicted octanol–water partition coefficient (Wildman–Crippen LogP) is 3.56. The Labute approximate surface area is 162 Å². The highest BCUT2D eigenvalue weighted by molar-refractivity contribution is 7.17. The smallest absolute Gasteiger partial charge is 0.271 e. The Morgan fingerprint density at radius 3 is 2.81 bits per heavy atom. The van der Waals surface area contributed by atoms with Crippen LogP contribution in [0.2, 0.25) is 0 Å². The van der Waals surface area contributed by atoms with Crippen molar-refractivity contribution in [3.8, 4) is 0 Å². The molecule has 4 rings (SSSR count). The molecule has 1 aliphatic carbocycles. The third-order valence-corrected chi connectivity index (χ3v) is 6.39. The zero-order valence-electron chi connectivity index (χ0n) is 15.4. The van der Waals surface area contributed by atoms with Crippen LogP contribution in [0.25, 0.3) is 4.96 Å². The molecule has 1 amide bonds. The third kappa shape index (κ3) is 3.54. The van der Waals surface area contributed by atoms with Crippen LogP contribution in [0.1, 0.15) is 58.6 Å². The fourth-order valence-corrected chi connectivity index (χ4v) is 4.81. The van der Waals surface area contributed by atoms with Crippen LogP contribution in [-0.2, 0) is 12.8 Å². The van der Waals surface area contributed by atoms with Gasteiger partial charge in [0.1, 0.15) is 5.56 Å². The van der Waals surface area contributed by atoms with Crippen molar-refractivity contribution in [1.29, 1.82) is 0 Å². The lowest BCUT2D eigenvalue weighted by Crippen LogP contribution is -2.33. The van der Waals surface area contributed by atoms with Gasteiger partial charge in [0.15, 0.2) is 4.96 Å². The van der Waals surface area contributed by atoms with Gasteiger partial charge in [-0.1, -0.05) is 43.7 Å². The van der Waals surface area contributed by atoms with Crippen molar-refractivity contribution < 1.29 is 4.79 Å². The molecule has 0 unspecified atom stereocenters. The number of thiazole rings is 1. The number of amides is 1. The lowest BCUT2D eigenvalue weighted by molar-refractivity contribution is 0.0949. The van der Waals surface area contributed by atoms with E-state index in [9.17, 15) is 9.59 Å². The van der Waals surface area contributed by atoms with Crippen LogP contribution in [-0.4, -0.2) is 21.8 Å². The van der Waals surface area contributed by atoms with Gasteiger partial charge in [-0.25, -0.2) is 4.98 Å². The maximum Gasteiger partial charge on any atom is 0.271 e. The Balaban J connectivity index is 1.58. The minimum Gasteiger partial charge on any atom is -0.351 e. The van der Waals surface area contributed by atoms with Crippen molar-refractivity contribution in [2.75, 3.05) is 6.54 Å². The van der Waals surface area contributed by atoms with E-state index in [4.69, 9.17) is 0 Å². The van der Waals surface area contributed by atoms with Crippen molar-refractivity contribution in [3.05, 3.63) is 68.6 Å². The molecule has 1 atom stereocenters. The molecule has 5 nitrogen and oxygen atoms in total. The van der Waals surface area contributed by atoms with Gasteiger partial charge in [-0.15, -0.1) is 11.3 Å². The van der Waals surface area contributed by atoms with Crippen LogP contribution in [0.15, 0.2) is 41.3 Å². The lowest BCUT2D eigenvalue weighted by atomic mass is 10.0. The number of nitrogens with zero attached hydrogens (tertiary/aromatic N) is 2. The van der Waals surface area contributed by atoms with E-state index in [1.165, 1.54) is 17.5 Å². The summed E-state index contributed by atoms with van der Waals surface area (Å²) >= 11 is 1.58. The average molecular weight is 382 g/mol. The zero-order valence-corrected chi connectivity index (χ0v) is 16.2. The molecule has 3 aromatic rings. The second-order valence-corrected chi connectivity index (χ2v) is 8.21. The fraction of sp³-hybridized carbons (Fsp3) is 0.381. The van der Waals surface area contributed by atoms with E-state index in [-0.39, 0.29) is 22.9 Å². The second-order valence-electron chi connectivity index (χ2n) is 7.15. The maximum absolute atomic E-state index is 13.0. The largest absolute Gasteiger partial charge is 0.351 e. The standard InChI is InChI=1S/C21H23N3O2S/c1-14(15-8-4-2-5-9-15)12-22-19(25)16-13-23-21-24(20(16)26)17-10-6-3-7-11-18(17)27-21/h2,4-5,8-9,13-14H,3,6-7,10-12H2,1H3,(H,22,25)/t14-/m1/s1. The molecule has 0 radical (unpaired) electrons. The minimum atomic E-state index is -0.349. The molecule has 0 saturated heterocycles. The Kier molecular flexibility index (Phi) is 5.07. The summed E-state index contributed by atoms with van der Waals surface area (Å²) in [6.07, 6.45) is 6.72. The normalized spacial score (nSPS) is 15.1. The molecular formula is C21H23N3O2S. The molecule has 0 spiro atoms.